The van der Waals surface area contributed by atoms with E-state index in [1.54, 1.807) is 0 Å². The van der Waals surface area contributed by atoms with Crippen molar-refractivity contribution in [1.82, 2.24) is 10.2 Å². The Morgan fingerprint density at radius 3 is 1.17 bits per heavy atom. The molecule has 6 aromatic rings. The lowest BCUT2D eigenvalue weighted by atomic mass is 9.88. The van der Waals surface area contributed by atoms with Gasteiger partial charge in [-0.2, -0.15) is 8.42 Å². The molecule has 2 atom stereocenters. The van der Waals surface area contributed by atoms with E-state index >= 15 is 0 Å². The number of rotatable bonds is 15. The number of nitrogens with one attached hydrogen (secondary N) is 1. The van der Waals surface area contributed by atoms with Gasteiger partial charge in [0.1, 0.15) is 0 Å². The van der Waals surface area contributed by atoms with Crippen LogP contribution in [-0.4, -0.2) is 84.3 Å². The fourth-order valence-corrected chi connectivity index (χ4v) is 9.35. The Labute approximate surface area is 438 Å². The molecule has 0 saturated carbocycles. The molecule has 0 bridgehead atoms. The van der Waals surface area contributed by atoms with Crippen molar-refractivity contribution in [1.29, 1.82) is 0 Å². The first-order valence-electron chi connectivity index (χ1n) is 24.8. The first kappa shape index (κ1) is 60.9. The minimum absolute atomic E-state index is 0. The summed E-state index contributed by atoms with van der Waals surface area (Å²) in [6, 6.07) is 64.3. The molecule has 2 unspecified atom stereocenters. The summed E-state index contributed by atoms with van der Waals surface area (Å²) in [4.78, 5) is 2.68. The molecule has 2 aliphatic rings. The predicted octanol–water partition coefficient (Wildman–Crippen LogP) is 13.2. The molecule has 8 nitrogen and oxygen atoms in total. The van der Waals surface area contributed by atoms with Gasteiger partial charge >= 0.3 is 0 Å². The van der Waals surface area contributed by atoms with Crippen molar-refractivity contribution in [3.8, 4) is 0 Å². The van der Waals surface area contributed by atoms with E-state index in [4.69, 9.17) is 9.29 Å². The van der Waals surface area contributed by atoms with Crippen molar-refractivity contribution in [2.75, 3.05) is 45.4 Å². The van der Waals surface area contributed by atoms with Gasteiger partial charge in [-0.05, 0) is 112 Å². The van der Waals surface area contributed by atoms with Crippen molar-refractivity contribution in [3.63, 3.8) is 0 Å². The number of piperidine rings is 2. The van der Waals surface area contributed by atoms with Crippen molar-refractivity contribution in [2.45, 2.75) is 101 Å². The Bertz CT molecular complexity index is 2350. The number of benzene rings is 6. The third-order valence-corrected chi connectivity index (χ3v) is 13.1. The number of aliphatic hydroxyl groups excluding tert-OH is 1. The van der Waals surface area contributed by atoms with Crippen LogP contribution in [0.4, 0.5) is 0 Å². The molecule has 2 heterocycles. The lowest BCUT2D eigenvalue weighted by Crippen LogP contribution is -2.38. The average molecular weight is 1050 g/mol. The van der Waals surface area contributed by atoms with Gasteiger partial charge in [0.2, 0.25) is 9.05 Å². The van der Waals surface area contributed by atoms with E-state index in [9.17, 15) is 16.8 Å². The van der Waals surface area contributed by atoms with Gasteiger partial charge in [0.05, 0.1) is 19.1 Å². The zero-order chi connectivity index (χ0) is 50.5. The maximum Gasteiger partial charge on any atom is 0.264 e. The molecule has 71 heavy (non-hydrogen) atoms. The zero-order valence-corrected chi connectivity index (χ0v) is 45.4. The molecule has 0 aliphatic carbocycles. The molecular weight excluding hydrogens is 968 g/mol. The van der Waals surface area contributed by atoms with Crippen LogP contribution in [0.25, 0.3) is 0 Å². The first-order chi connectivity index (χ1) is 33.7. The van der Waals surface area contributed by atoms with Crippen LogP contribution in [0.2, 0.25) is 0 Å². The Hall–Kier alpha value is -4.36. The van der Waals surface area contributed by atoms with Crippen LogP contribution in [0.15, 0.2) is 182 Å². The molecule has 386 valence electrons. The van der Waals surface area contributed by atoms with Gasteiger partial charge in [-0.25, -0.2) is 8.42 Å². The second-order valence-electron chi connectivity index (χ2n) is 18.2. The second-order valence-corrected chi connectivity index (χ2v) is 22.8. The molecule has 2 aliphatic heterocycles. The maximum absolute atomic E-state index is 11.1. The van der Waals surface area contributed by atoms with E-state index in [0.717, 1.165) is 42.1 Å². The van der Waals surface area contributed by atoms with Gasteiger partial charge < -0.3 is 15.3 Å². The standard InChI is InChI=1S/C21H27N.C16H18O3S.C15H16O.C6H13N.CH3ClO2S.ClH/c1-18-10-8-9-16-22(18)17-15-21(19-11-4-2-5-12-19)20-13-6-3-7-14-20;1-20(17,18)19-13-12-16(14-8-4-2-5-9-14)15-10-6-3-7-11-15;16-12-11-15(13-7-3-1-4-8-13)14-9-5-2-6-10-14;1-6-4-2-3-5-7-6;1-5(2,3)4;/h2-7,11-14,18,21H,8-10,15-17H2,1H3;2-11,16H,12-13H2,1H3;1-10,15-16H,11-12H2;6-7H,2-5H2,1H3;1H3;1H. The highest BCUT2D eigenvalue weighted by atomic mass is 35.7. The molecule has 0 spiro atoms. The summed E-state index contributed by atoms with van der Waals surface area (Å²) < 4.78 is 45.8. The van der Waals surface area contributed by atoms with Gasteiger partial charge in [-0.1, -0.05) is 195 Å². The van der Waals surface area contributed by atoms with Crippen LogP contribution in [0.3, 0.4) is 0 Å². The summed E-state index contributed by atoms with van der Waals surface area (Å²) in [5.41, 5.74) is 7.74. The summed E-state index contributed by atoms with van der Waals surface area (Å²) in [5, 5.41) is 12.5. The highest BCUT2D eigenvalue weighted by Crippen LogP contribution is 2.31. The Morgan fingerprint density at radius 2 is 0.887 bits per heavy atom. The molecule has 2 N–H and O–H groups in total. The topological polar surface area (TPSA) is 113 Å². The van der Waals surface area contributed by atoms with Gasteiger partial charge in [0.25, 0.3) is 10.1 Å². The van der Waals surface area contributed by atoms with Crippen molar-refractivity contribution in [3.05, 3.63) is 215 Å². The molecule has 0 aromatic heterocycles. The third-order valence-electron chi connectivity index (χ3n) is 12.5. The molecule has 6 aromatic carbocycles. The van der Waals surface area contributed by atoms with Crippen molar-refractivity contribution < 1.29 is 26.1 Å². The molecule has 0 amide bonds. The van der Waals surface area contributed by atoms with Crippen molar-refractivity contribution >= 4 is 42.3 Å². The van der Waals surface area contributed by atoms with E-state index in [0.29, 0.717) is 18.3 Å². The highest BCUT2D eigenvalue weighted by Gasteiger charge is 2.21. The van der Waals surface area contributed by atoms with Gasteiger partial charge in [-0.15, -0.1) is 12.4 Å². The zero-order valence-electron chi connectivity index (χ0n) is 42.1. The minimum atomic E-state index is -3.38. The largest absolute Gasteiger partial charge is 0.396 e. The van der Waals surface area contributed by atoms with Gasteiger partial charge in [0, 0.05) is 47.1 Å². The lowest BCUT2D eigenvalue weighted by molar-refractivity contribution is 0.157. The summed E-state index contributed by atoms with van der Waals surface area (Å²) in [6.45, 7) is 8.76. The number of likely N-dealkylation sites (tertiary alicyclic amines) is 1. The summed E-state index contributed by atoms with van der Waals surface area (Å²) in [5.74, 6) is 0.947. The van der Waals surface area contributed by atoms with E-state index < -0.39 is 19.2 Å². The van der Waals surface area contributed by atoms with Crippen molar-refractivity contribution in [2.24, 2.45) is 0 Å². The van der Waals surface area contributed by atoms with E-state index in [-0.39, 0.29) is 31.5 Å². The van der Waals surface area contributed by atoms with E-state index in [2.05, 4.69) is 144 Å². The van der Waals surface area contributed by atoms with Crippen LogP contribution < -0.4 is 5.32 Å². The fraction of sp³-hybridized carbons (Fsp3) is 0.390. The van der Waals surface area contributed by atoms with Crippen LogP contribution in [0.5, 0.6) is 0 Å². The van der Waals surface area contributed by atoms with Crippen LogP contribution >= 0.6 is 23.1 Å². The number of halogens is 2. The van der Waals surface area contributed by atoms with E-state index in [1.165, 1.54) is 86.8 Å². The Balaban J connectivity index is 0.000000252. The Kier molecular flexibility index (Phi) is 29.3. The molecule has 0 radical (unpaired) electrons. The van der Waals surface area contributed by atoms with Gasteiger partial charge in [0.15, 0.2) is 0 Å². The second kappa shape index (κ2) is 34.1. The maximum atomic E-state index is 11.1. The van der Waals surface area contributed by atoms with Crippen LogP contribution in [-0.2, 0) is 23.4 Å². The summed E-state index contributed by atoms with van der Waals surface area (Å²) >= 11 is 0. The minimum Gasteiger partial charge on any atom is -0.396 e. The third kappa shape index (κ3) is 25.7. The molecule has 2 saturated heterocycles. The lowest BCUT2D eigenvalue weighted by Gasteiger charge is -2.34. The molecule has 12 heteroatoms. The average Bonchev–Trinajstić information content (AvgIpc) is 3.37. The van der Waals surface area contributed by atoms with Crippen LogP contribution in [0, 0.1) is 0 Å². The van der Waals surface area contributed by atoms with E-state index in [1.807, 2.05) is 72.8 Å². The molecule has 8 rings (SSSR count). The predicted molar refractivity (Wildman–Crippen MR) is 300 cm³/mol. The van der Waals surface area contributed by atoms with Crippen LogP contribution in [0.1, 0.15) is 123 Å². The van der Waals surface area contributed by atoms with Gasteiger partial charge in [-0.3, -0.25) is 4.18 Å². The summed E-state index contributed by atoms with van der Waals surface area (Å²) in [7, 11) is -2.08. The first-order valence-corrected chi connectivity index (χ1v) is 29.4. The Morgan fingerprint density at radius 1 is 0.549 bits per heavy atom. The molecular formula is C59H78Cl2N2O6S2. The normalized spacial score (nSPS) is 15.8. The fourth-order valence-electron chi connectivity index (χ4n) is 8.95. The summed E-state index contributed by atoms with van der Waals surface area (Å²) in [6.07, 6.45) is 12.9. The molecule has 2 fully saturated rings. The quantitative estimate of drug-likeness (QED) is 0.0772. The number of hydrogen-bond donors (Lipinski definition) is 2. The highest BCUT2D eigenvalue weighted by molar-refractivity contribution is 8.13. The monoisotopic (exact) mass is 1040 g/mol. The SMILES string of the molecule is CC1CCCCN1.CC1CCCCN1CCC(c1ccccc1)c1ccccc1.CS(=O)(=O)Cl.CS(=O)(=O)OCCC(c1ccccc1)c1ccccc1.Cl.OCCC(c1ccccc1)c1ccccc1. The number of nitrogens with zero attached hydrogens (tertiary/aromatic N) is 1. The smallest absolute Gasteiger partial charge is 0.264 e. The number of aliphatic hydroxyl groups is 1. The number of hydrogen-bond acceptors (Lipinski definition) is 8.